The minimum absolute atomic E-state index is 0.536. The summed E-state index contributed by atoms with van der Waals surface area (Å²) < 4.78 is 5.59. The van der Waals surface area contributed by atoms with Crippen LogP contribution in [0.15, 0.2) is 24.3 Å². The molecule has 0 fully saturated rings. The molecule has 0 aliphatic rings. The van der Waals surface area contributed by atoms with Gasteiger partial charge < -0.3 is 15.0 Å². The lowest BCUT2D eigenvalue weighted by atomic mass is 10.2. The number of likely N-dealkylation sites (N-methyl/N-ethyl adjacent to an activating group) is 1. The molecule has 1 N–H and O–H groups in total. The van der Waals surface area contributed by atoms with E-state index in [1.54, 1.807) is 0 Å². The average Bonchev–Trinajstić information content (AvgIpc) is 2.31. The van der Waals surface area contributed by atoms with Gasteiger partial charge in [0.15, 0.2) is 0 Å². The molecule has 0 radical (unpaired) electrons. The Kier molecular flexibility index (Phi) is 6.01. The van der Waals surface area contributed by atoms with Crippen LogP contribution in [0.4, 0.5) is 0 Å². The standard InChI is InChI=1S/C14H24N2O/c1-5-17-14-9-7-6-8-13(14)11-15-10-12(2)16(3)4/h6-9,12,15H,5,10-11H2,1-4H3. The van der Waals surface area contributed by atoms with Crippen molar-refractivity contribution in [1.29, 1.82) is 0 Å². The Labute approximate surface area is 105 Å². The van der Waals surface area contributed by atoms with Gasteiger partial charge in [0.1, 0.15) is 5.75 Å². The van der Waals surface area contributed by atoms with E-state index in [4.69, 9.17) is 4.74 Å². The highest BCUT2D eigenvalue weighted by molar-refractivity contribution is 5.33. The zero-order valence-corrected chi connectivity index (χ0v) is 11.4. The molecule has 0 saturated carbocycles. The van der Waals surface area contributed by atoms with Gasteiger partial charge in [0.25, 0.3) is 0 Å². The van der Waals surface area contributed by atoms with Crippen molar-refractivity contribution in [1.82, 2.24) is 10.2 Å². The van der Waals surface area contributed by atoms with Crippen LogP contribution in [0.25, 0.3) is 0 Å². The van der Waals surface area contributed by atoms with Crippen LogP contribution in [0.1, 0.15) is 19.4 Å². The molecule has 0 amide bonds. The van der Waals surface area contributed by atoms with E-state index in [0.717, 1.165) is 18.8 Å². The van der Waals surface area contributed by atoms with Crippen LogP contribution in [-0.2, 0) is 6.54 Å². The number of para-hydroxylation sites is 1. The first kappa shape index (κ1) is 14.0. The SMILES string of the molecule is CCOc1ccccc1CNCC(C)N(C)C. The lowest BCUT2D eigenvalue weighted by molar-refractivity contribution is 0.300. The summed E-state index contributed by atoms with van der Waals surface area (Å²) in [5.74, 6) is 0.986. The van der Waals surface area contributed by atoms with Crippen molar-refractivity contribution < 1.29 is 4.74 Å². The first-order chi connectivity index (χ1) is 8.15. The average molecular weight is 236 g/mol. The van der Waals surface area contributed by atoms with Crippen LogP contribution >= 0.6 is 0 Å². The van der Waals surface area contributed by atoms with E-state index in [1.807, 2.05) is 19.1 Å². The number of nitrogens with zero attached hydrogens (tertiary/aromatic N) is 1. The van der Waals surface area contributed by atoms with Crippen molar-refractivity contribution in [3.63, 3.8) is 0 Å². The summed E-state index contributed by atoms with van der Waals surface area (Å²) in [6, 6.07) is 8.73. The van der Waals surface area contributed by atoms with E-state index in [9.17, 15) is 0 Å². The van der Waals surface area contributed by atoms with Gasteiger partial charge in [0.2, 0.25) is 0 Å². The molecule has 1 atom stereocenters. The molecule has 1 unspecified atom stereocenters. The normalized spacial score (nSPS) is 12.8. The van der Waals surface area contributed by atoms with E-state index in [0.29, 0.717) is 12.6 Å². The van der Waals surface area contributed by atoms with Gasteiger partial charge in [-0.25, -0.2) is 0 Å². The quantitative estimate of drug-likeness (QED) is 0.785. The molecule has 1 rings (SSSR count). The maximum Gasteiger partial charge on any atom is 0.123 e. The van der Waals surface area contributed by atoms with Crippen LogP contribution in [0.5, 0.6) is 5.75 Å². The molecule has 1 aromatic carbocycles. The van der Waals surface area contributed by atoms with Crippen molar-refractivity contribution in [3.8, 4) is 5.75 Å². The highest BCUT2D eigenvalue weighted by Gasteiger charge is 2.05. The molecule has 1 aromatic rings. The molecule has 0 spiro atoms. The number of rotatable bonds is 7. The minimum Gasteiger partial charge on any atom is -0.494 e. The minimum atomic E-state index is 0.536. The van der Waals surface area contributed by atoms with Crippen LogP contribution in [0.2, 0.25) is 0 Å². The second-order valence-corrected chi connectivity index (χ2v) is 4.48. The summed E-state index contributed by atoms with van der Waals surface area (Å²) in [5, 5.41) is 3.46. The molecule has 0 heterocycles. The van der Waals surface area contributed by atoms with Gasteiger partial charge in [0, 0.05) is 24.7 Å². The molecule has 3 nitrogen and oxygen atoms in total. The number of nitrogens with one attached hydrogen (secondary N) is 1. The van der Waals surface area contributed by atoms with Crippen molar-refractivity contribution in [2.75, 3.05) is 27.2 Å². The maximum absolute atomic E-state index is 5.59. The molecule has 0 saturated heterocycles. The van der Waals surface area contributed by atoms with E-state index in [-0.39, 0.29) is 0 Å². The smallest absolute Gasteiger partial charge is 0.123 e. The largest absolute Gasteiger partial charge is 0.494 e. The highest BCUT2D eigenvalue weighted by Crippen LogP contribution is 2.17. The molecule has 0 aromatic heterocycles. The van der Waals surface area contributed by atoms with Gasteiger partial charge in [-0.3, -0.25) is 0 Å². The summed E-state index contributed by atoms with van der Waals surface area (Å²) in [6.45, 7) is 6.77. The van der Waals surface area contributed by atoms with Crippen molar-refractivity contribution >= 4 is 0 Å². The third kappa shape index (κ3) is 4.75. The Bertz CT molecular complexity index is 326. The van der Waals surface area contributed by atoms with Gasteiger partial charge in [0.05, 0.1) is 6.61 Å². The summed E-state index contributed by atoms with van der Waals surface area (Å²) >= 11 is 0. The molecule has 0 aliphatic carbocycles. The predicted molar refractivity (Wildman–Crippen MR) is 72.5 cm³/mol. The van der Waals surface area contributed by atoms with Crippen LogP contribution in [0.3, 0.4) is 0 Å². The van der Waals surface area contributed by atoms with Crippen LogP contribution in [-0.4, -0.2) is 38.2 Å². The third-order valence-corrected chi connectivity index (χ3v) is 2.91. The van der Waals surface area contributed by atoms with Gasteiger partial charge in [-0.15, -0.1) is 0 Å². The fourth-order valence-corrected chi connectivity index (χ4v) is 1.54. The second-order valence-electron chi connectivity index (χ2n) is 4.48. The fourth-order valence-electron chi connectivity index (χ4n) is 1.54. The number of ether oxygens (including phenoxy) is 1. The van der Waals surface area contributed by atoms with Gasteiger partial charge in [-0.05, 0) is 34.0 Å². The fraction of sp³-hybridized carbons (Fsp3) is 0.571. The molecule has 0 aliphatic heterocycles. The zero-order valence-electron chi connectivity index (χ0n) is 11.4. The number of benzene rings is 1. The third-order valence-electron chi connectivity index (χ3n) is 2.91. The molecule has 17 heavy (non-hydrogen) atoms. The second kappa shape index (κ2) is 7.30. The van der Waals surface area contributed by atoms with Crippen molar-refractivity contribution in [2.24, 2.45) is 0 Å². The van der Waals surface area contributed by atoms with E-state index >= 15 is 0 Å². The zero-order chi connectivity index (χ0) is 12.7. The Morgan fingerprint density at radius 2 is 2.00 bits per heavy atom. The molecular weight excluding hydrogens is 212 g/mol. The van der Waals surface area contributed by atoms with Crippen molar-refractivity contribution in [3.05, 3.63) is 29.8 Å². The first-order valence-electron chi connectivity index (χ1n) is 6.23. The van der Waals surface area contributed by atoms with E-state index in [1.165, 1.54) is 5.56 Å². The van der Waals surface area contributed by atoms with E-state index < -0.39 is 0 Å². The molecule has 96 valence electrons. The maximum atomic E-state index is 5.59. The number of hydrogen-bond acceptors (Lipinski definition) is 3. The van der Waals surface area contributed by atoms with Gasteiger partial charge in [-0.1, -0.05) is 18.2 Å². The summed E-state index contributed by atoms with van der Waals surface area (Å²) in [7, 11) is 4.20. The molecule has 3 heteroatoms. The Morgan fingerprint density at radius 3 is 2.65 bits per heavy atom. The Hall–Kier alpha value is -1.06. The summed E-state index contributed by atoms with van der Waals surface area (Å²) in [5.41, 5.74) is 1.22. The first-order valence-corrected chi connectivity index (χ1v) is 6.23. The van der Waals surface area contributed by atoms with Gasteiger partial charge >= 0.3 is 0 Å². The molecule has 0 bridgehead atoms. The van der Waals surface area contributed by atoms with E-state index in [2.05, 4.69) is 43.4 Å². The van der Waals surface area contributed by atoms with Gasteiger partial charge in [-0.2, -0.15) is 0 Å². The monoisotopic (exact) mass is 236 g/mol. The summed E-state index contributed by atoms with van der Waals surface area (Å²) in [6.07, 6.45) is 0. The van der Waals surface area contributed by atoms with Crippen LogP contribution in [0, 0.1) is 0 Å². The predicted octanol–water partition coefficient (Wildman–Crippen LogP) is 2.12. The Morgan fingerprint density at radius 1 is 1.29 bits per heavy atom. The van der Waals surface area contributed by atoms with Crippen molar-refractivity contribution in [2.45, 2.75) is 26.4 Å². The Balaban J connectivity index is 2.45. The summed E-state index contributed by atoms with van der Waals surface area (Å²) in [4.78, 5) is 2.21. The van der Waals surface area contributed by atoms with Crippen LogP contribution < -0.4 is 10.1 Å². The highest BCUT2D eigenvalue weighted by atomic mass is 16.5. The lowest BCUT2D eigenvalue weighted by Gasteiger charge is -2.20. The lowest BCUT2D eigenvalue weighted by Crippen LogP contribution is -2.35. The topological polar surface area (TPSA) is 24.5 Å². The molecular formula is C14H24N2O. The number of hydrogen-bond donors (Lipinski definition) is 1.